The van der Waals surface area contributed by atoms with E-state index in [2.05, 4.69) is 56.1 Å². The third-order valence-corrected chi connectivity index (χ3v) is 5.78. The summed E-state index contributed by atoms with van der Waals surface area (Å²) in [6, 6.07) is 11.3. The van der Waals surface area contributed by atoms with Gasteiger partial charge in [-0.05, 0) is 63.7 Å². The molecule has 4 rings (SSSR count). The van der Waals surface area contributed by atoms with Crippen LogP contribution in [-0.2, 0) is 0 Å². The Hall–Kier alpha value is -2.33. The normalized spacial score (nSPS) is 21.9. The minimum atomic E-state index is 0.322. The van der Waals surface area contributed by atoms with Crippen LogP contribution in [0, 0.1) is 13.8 Å². The van der Waals surface area contributed by atoms with Crippen molar-refractivity contribution >= 4 is 5.71 Å². The molecule has 0 aliphatic carbocycles. The van der Waals surface area contributed by atoms with E-state index in [4.69, 9.17) is 14.5 Å². The second-order valence-corrected chi connectivity index (χ2v) is 7.87. The molecule has 2 aromatic rings. The van der Waals surface area contributed by atoms with Crippen LogP contribution in [0.3, 0.4) is 0 Å². The molecule has 4 heteroatoms. The Morgan fingerprint density at radius 3 is 2.30 bits per heavy atom. The highest BCUT2D eigenvalue weighted by atomic mass is 16.5. The van der Waals surface area contributed by atoms with Crippen molar-refractivity contribution in [2.75, 3.05) is 34.4 Å². The summed E-state index contributed by atoms with van der Waals surface area (Å²) < 4.78 is 11.2. The summed E-state index contributed by atoms with van der Waals surface area (Å²) >= 11 is 0. The SMILES string of the molecule is COc1cc2c(cc1OC)[C@H]1CN(C)CC[C@H]1N=C2c1cc(C)cc(C)c1. The van der Waals surface area contributed by atoms with Crippen molar-refractivity contribution in [2.45, 2.75) is 32.2 Å². The lowest BCUT2D eigenvalue weighted by atomic mass is 9.78. The van der Waals surface area contributed by atoms with E-state index < -0.39 is 0 Å². The summed E-state index contributed by atoms with van der Waals surface area (Å²) in [6.07, 6.45) is 1.09. The predicted octanol–water partition coefficient (Wildman–Crippen LogP) is 3.96. The molecule has 0 radical (unpaired) electrons. The molecule has 2 aliphatic heterocycles. The number of methoxy groups -OCH3 is 2. The van der Waals surface area contributed by atoms with Gasteiger partial charge in [-0.3, -0.25) is 4.99 Å². The molecule has 4 nitrogen and oxygen atoms in total. The maximum atomic E-state index is 5.61. The minimum absolute atomic E-state index is 0.322. The molecule has 1 saturated heterocycles. The molecule has 0 bridgehead atoms. The molecule has 27 heavy (non-hydrogen) atoms. The number of aliphatic imine (C=N–C) groups is 1. The first-order valence-corrected chi connectivity index (χ1v) is 9.61. The van der Waals surface area contributed by atoms with Gasteiger partial charge in [0.15, 0.2) is 11.5 Å². The van der Waals surface area contributed by atoms with Crippen LogP contribution in [0.2, 0.25) is 0 Å². The Kier molecular flexibility index (Phi) is 4.68. The fraction of sp³-hybridized carbons (Fsp3) is 0.435. The summed E-state index contributed by atoms with van der Waals surface area (Å²) in [5.41, 5.74) is 7.31. The van der Waals surface area contributed by atoms with Crippen molar-refractivity contribution in [3.63, 3.8) is 0 Å². The number of piperidine rings is 1. The van der Waals surface area contributed by atoms with E-state index >= 15 is 0 Å². The highest BCUT2D eigenvalue weighted by molar-refractivity contribution is 6.15. The molecule has 2 atom stereocenters. The Balaban J connectivity index is 1.92. The lowest BCUT2D eigenvalue weighted by Crippen LogP contribution is -2.41. The van der Waals surface area contributed by atoms with Gasteiger partial charge >= 0.3 is 0 Å². The summed E-state index contributed by atoms with van der Waals surface area (Å²) in [7, 11) is 5.59. The van der Waals surface area contributed by atoms with Crippen molar-refractivity contribution in [1.82, 2.24) is 4.90 Å². The minimum Gasteiger partial charge on any atom is -0.493 e. The summed E-state index contributed by atoms with van der Waals surface area (Å²) in [6.45, 7) is 6.41. The monoisotopic (exact) mass is 364 g/mol. The Morgan fingerprint density at radius 2 is 1.63 bits per heavy atom. The first-order valence-electron chi connectivity index (χ1n) is 9.61. The standard InChI is InChI=1S/C23H28N2O2/c1-14-8-15(2)10-16(9-14)23-18-12-22(27-5)21(26-4)11-17(18)19-13-25(3)7-6-20(19)24-23/h8-12,19-20H,6-7,13H2,1-5H3/t19-,20-/m1/s1. The second kappa shape index (κ2) is 7.01. The molecular weight excluding hydrogens is 336 g/mol. The average molecular weight is 364 g/mol. The van der Waals surface area contributed by atoms with Gasteiger partial charge in [-0.1, -0.05) is 17.2 Å². The van der Waals surface area contributed by atoms with Gasteiger partial charge < -0.3 is 14.4 Å². The second-order valence-electron chi connectivity index (χ2n) is 7.87. The van der Waals surface area contributed by atoms with Crippen LogP contribution in [0.4, 0.5) is 0 Å². The number of ether oxygens (including phenoxy) is 2. The molecule has 0 unspecified atom stereocenters. The number of aryl methyl sites for hydroxylation is 2. The Bertz CT molecular complexity index is 883. The average Bonchev–Trinajstić information content (AvgIpc) is 2.65. The fourth-order valence-corrected chi connectivity index (χ4v) is 4.55. The molecule has 0 N–H and O–H groups in total. The number of fused-ring (bicyclic) bond motifs is 3. The van der Waals surface area contributed by atoms with Gasteiger partial charge in [-0.2, -0.15) is 0 Å². The molecule has 2 aliphatic rings. The number of likely N-dealkylation sites (N-methyl/N-ethyl adjacent to an activating group) is 1. The van der Waals surface area contributed by atoms with Crippen molar-refractivity contribution < 1.29 is 9.47 Å². The molecule has 0 amide bonds. The van der Waals surface area contributed by atoms with E-state index in [0.717, 1.165) is 36.7 Å². The number of hydrogen-bond donors (Lipinski definition) is 0. The zero-order valence-corrected chi connectivity index (χ0v) is 16.9. The van der Waals surface area contributed by atoms with Crippen LogP contribution in [-0.4, -0.2) is 51.0 Å². The van der Waals surface area contributed by atoms with Crippen LogP contribution in [0.25, 0.3) is 0 Å². The molecule has 0 aromatic heterocycles. The topological polar surface area (TPSA) is 34.1 Å². The van der Waals surface area contributed by atoms with Gasteiger partial charge in [0.1, 0.15) is 0 Å². The zero-order chi connectivity index (χ0) is 19.1. The van der Waals surface area contributed by atoms with E-state index in [1.807, 2.05) is 0 Å². The molecule has 0 spiro atoms. The smallest absolute Gasteiger partial charge is 0.161 e. The Morgan fingerprint density at radius 1 is 0.963 bits per heavy atom. The lowest BCUT2D eigenvalue weighted by molar-refractivity contribution is 0.227. The van der Waals surface area contributed by atoms with Crippen LogP contribution in [0.1, 0.15) is 40.2 Å². The number of rotatable bonds is 3. The van der Waals surface area contributed by atoms with E-state index in [1.165, 1.54) is 27.8 Å². The molecule has 1 fully saturated rings. The molecule has 2 aromatic carbocycles. The van der Waals surface area contributed by atoms with E-state index in [0.29, 0.717) is 12.0 Å². The van der Waals surface area contributed by atoms with Crippen molar-refractivity contribution in [3.8, 4) is 11.5 Å². The van der Waals surface area contributed by atoms with Crippen LogP contribution in [0.15, 0.2) is 35.3 Å². The van der Waals surface area contributed by atoms with Crippen molar-refractivity contribution in [2.24, 2.45) is 4.99 Å². The quantitative estimate of drug-likeness (QED) is 0.827. The largest absolute Gasteiger partial charge is 0.493 e. The maximum absolute atomic E-state index is 5.61. The Labute approximate surface area is 161 Å². The predicted molar refractivity (Wildman–Crippen MR) is 110 cm³/mol. The number of nitrogens with zero attached hydrogens (tertiary/aromatic N) is 2. The summed E-state index contributed by atoms with van der Waals surface area (Å²) in [5.74, 6) is 1.95. The first kappa shape index (κ1) is 18.1. The van der Waals surface area contributed by atoms with Crippen molar-refractivity contribution in [1.29, 1.82) is 0 Å². The number of likely N-dealkylation sites (tertiary alicyclic amines) is 1. The van der Waals surface area contributed by atoms with Gasteiger partial charge in [-0.15, -0.1) is 0 Å². The third-order valence-electron chi connectivity index (χ3n) is 5.78. The van der Waals surface area contributed by atoms with E-state index in [1.54, 1.807) is 14.2 Å². The number of hydrogen-bond acceptors (Lipinski definition) is 4. The van der Waals surface area contributed by atoms with E-state index in [9.17, 15) is 0 Å². The number of benzene rings is 2. The van der Waals surface area contributed by atoms with Crippen LogP contribution >= 0.6 is 0 Å². The molecule has 2 heterocycles. The molecule has 0 saturated carbocycles. The first-order chi connectivity index (χ1) is 13.0. The van der Waals surface area contributed by atoms with Crippen molar-refractivity contribution in [3.05, 3.63) is 58.1 Å². The zero-order valence-electron chi connectivity index (χ0n) is 16.9. The van der Waals surface area contributed by atoms with Crippen LogP contribution < -0.4 is 9.47 Å². The highest BCUT2D eigenvalue weighted by Gasteiger charge is 2.36. The van der Waals surface area contributed by atoms with Gasteiger partial charge in [0, 0.05) is 23.6 Å². The third kappa shape index (κ3) is 3.23. The maximum Gasteiger partial charge on any atom is 0.161 e. The fourth-order valence-electron chi connectivity index (χ4n) is 4.55. The summed E-state index contributed by atoms with van der Waals surface area (Å²) in [4.78, 5) is 7.66. The molecule has 142 valence electrons. The van der Waals surface area contributed by atoms with Gasteiger partial charge in [0.25, 0.3) is 0 Å². The van der Waals surface area contributed by atoms with Crippen LogP contribution in [0.5, 0.6) is 11.5 Å². The summed E-state index contributed by atoms with van der Waals surface area (Å²) in [5, 5.41) is 0. The van der Waals surface area contributed by atoms with Gasteiger partial charge in [0.05, 0.1) is 26.0 Å². The lowest BCUT2D eigenvalue weighted by Gasteiger charge is -2.39. The van der Waals surface area contributed by atoms with E-state index in [-0.39, 0.29) is 0 Å². The van der Waals surface area contributed by atoms with Gasteiger partial charge in [-0.25, -0.2) is 0 Å². The van der Waals surface area contributed by atoms with Gasteiger partial charge in [0.2, 0.25) is 0 Å². The highest BCUT2D eigenvalue weighted by Crippen LogP contribution is 2.42. The molecular formula is C23H28N2O2.